The Morgan fingerprint density at radius 3 is 2.79 bits per heavy atom. The largest absolute Gasteiger partial charge is 0.465 e. The molecule has 0 saturated heterocycles. The van der Waals surface area contributed by atoms with Gasteiger partial charge in [-0.15, -0.1) is 0 Å². The zero-order valence-corrected chi connectivity index (χ0v) is 14.6. The molecule has 0 aromatic heterocycles. The number of Topliss-reactive ketones (excluding diaryl/α,β-unsaturated/α-hetero) is 1. The fraction of sp³-hybridized carbons (Fsp3) is 0.619. The van der Waals surface area contributed by atoms with E-state index in [1.54, 1.807) is 0 Å². The molecule has 4 rings (SSSR count). The summed E-state index contributed by atoms with van der Waals surface area (Å²) >= 11 is 0. The van der Waals surface area contributed by atoms with Crippen molar-refractivity contribution in [3.63, 3.8) is 0 Å². The van der Waals surface area contributed by atoms with Gasteiger partial charge in [-0.2, -0.15) is 0 Å². The number of ether oxygens (including phenoxy) is 1. The summed E-state index contributed by atoms with van der Waals surface area (Å²) in [6, 6.07) is 6.05. The minimum Gasteiger partial charge on any atom is -0.465 e. The summed E-state index contributed by atoms with van der Waals surface area (Å²) in [6.45, 7) is 2.22. The Morgan fingerprint density at radius 2 is 2.00 bits per heavy atom. The van der Waals surface area contributed by atoms with E-state index in [1.165, 1.54) is 24.7 Å². The molecule has 2 fully saturated rings. The van der Waals surface area contributed by atoms with Crippen LogP contribution in [0, 0.1) is 23.2 Å². The van der Waals surface area contributed by atoms with Crippen LogP contribution >= 0.6 is 0 Å². The minimum absolute atomic E-state index is 0.0606. The molecule has 128 valence electrons. The number of esters is 1. The number of benzene rings is 1. The lowest BCUT2D eigenvalue weighted by molar-refractivity contribution is -0.129. The zero-order chi connectivity index (χ0) is 16.9. The van der Waals surface area contributed by atoms with Gasteiger partial charge in [0.2, 0.25) is 0 Å². The van der Waals surface area contributed by atoms with Crippen molar-refractivity contribution in [3.8, 4) is 0 Å². The average Bonchev–Trinajstić information content (AvgIpc) is 2.79. The number of fused-ring (bicyclic) bond motifs is 4. The SMILES string of the molecule is COC(=O)c1ccc2c(c1)CC[C@@H]1C(CC[C@]3(C)C(=O)CC[C@@H]13)C2. The fourth-order valence-corrected chi connectivity index (χ4v) is 5.73. The van der Waals surface area contributed by atoms with Crippen LogP contribution < -0.4 is 0 Å². The van der Waals surface area contributed by atoms with Crippen LogP contribution in [0.5, 0.6) is 0 Å². The Balaban J connectivity index is 1.62. The molecule has 0 spiro atoms. The molecule has 3 nitrogen and oxygen atoms in total. The van der Waals surface area contributed by atoms with Crippen LogP contribution in [0.2, 0.25) is 0 Å². The van der Waals surface area contributed by atoms with Crippen LogP contribution in [0.1, 0.15) is 60.5 Å². The Morgan fingerprint density at radius 1 is 1.17 bits per heavy atom. The van der Waals surface area contributed by atoms with E-state index in [-0.39, 0.29) is 11.4 Å². The van der Waals surface area contributed by atoms with Gasteiger partial charge in [0, 0.05) is 11.8 Å². The second-order valence-corrected chi connectivity index (χ2v) is 8.17. The van der Waals surface area contributed by atoms with Crippen molar-refractivity contribution < 1.29 is 14.3 Å². The first-order valence-corrected chi connectivity index (χ1v) is 9.26. The molecule has 2 saturated carbocycles. The standard InChI is InChI=1S/C21H26O3/c1-21-10-9-15-11-13-3-4-16(20(23)24-2)12-14(13)5-6-17(15)18(21)7-8-19(21)22/h3-4,12,15,17-18H,5-11H2,1-2H3/t15?,17-,18+,21+/m1/s1. The molecule has 0 N–H and O–H groups in total. The van der Waals surface area contributed by atoms with Gasteiger partial charge in [0.1, 0.15) is 5.78 Å². The summed E-state index contributed by atoms with van der Waals surface area (Å²) in [5, 5.41) is 0. The van der Waals surface area contributed by atoms with Crippen LogP contribution in [-0.2, 0) is 22.4 Å². The monoisotopic (exact) mass is 326 g/mol. The summed E-state index contributed by atoms with van der Waals surface area (Å²) in [7, 11) is 1.43. The third-order valence-corrected chi connectivity index (χ3v) is 7.15. The normalized spacial score (nSPS) is 34.8. The Kier molecular flexibility index (Phi) is 3.78. The van der Waals surface area contributed by atoms with Crippen LogP contribution in [-0.4, -0.2) is 18.9 Å². The van der Waals surface area contributed by atoms with Crippen LogP contribution in [0.3, 0.4) is 0 Å². The van der Waals surface area contributed by atoms with Gasteiger partial charge in [-0.25, -0.2) is 4.79 Å². The maximum absolute atomic E-state index is 12.4. The molecule has 0 radical (unpaired) electrons. The first-order valence-electron chi connectivity index (χ1n) is 9.26. The van der Waals surface area contributed by atoms with Gasteiger partial charge in [0.15, 0.2) is 0 Å². The molecule has 3 aliphatic rings. The van der Waals surface area contributed by atoms with Crippen LogP contribution in [0.15, 0.2) is 18.2 Å². The molecule has 3 aliphatic carbocycles. The van der Waals surface area contributed by atoms with Gasteiger partial charge < -0.3 is 4.74 Å². The second-order valence-electron chi connectivity index (χ2n) is 8.17. The summed E-state index contributed by atoms with van der Waals surface area (Å²) < 4.78 is 4.86. The van der Waals surface area contributed by atoms with E-state index < -0.39 is 0 Å². The molecule has 0 bridgehead atoms. The summed E-state index contributed by atoms with van der Waals surface area (Å²) in [5.41, 5.74) is 3.29. The topological polar surface area (TPSA) is 43.4 Å². The Hall–Kier alpha value is -1.64. The van der Waals surface area contributed by atoms with Gasteiger partial charge in [-0.1, -0.05) is 13.0 Å². The van der Waals surface area contributed by atoms with E-state index in [1.807, 2.05) is 12.1 Å². The van der Waals surface area contributed by atoms with Crippen molar-refractivity contribution in [1.82, 2.24) is 0 Å². The van der Waals surface area contributed by atoms with Crippen molar-refractivity contribution in [3.05, 3.63) is 34.9 Å². The van der Waals surface area contributed by atoms with E-state index in [4.69, 9.17) is 4.74 Å². The first-order chi connectivity index (χ1) is 11.5. The number of hydrogen-bond acceptors (Lipinski definition) is 3. The molecule has 4 atom stereocenters. The lowest BCUT2D eigenvalue weighted by atomic mass is 9.59. The molecule has 1 aromatic rings. The Bertz CT molecular complexity index is 692. The van der Waals surface area contributed by atoms with E-state index in [9.17, 15) is 9.59 Å². The fourth-order valence-electron chi connectivity index (χ4n) is 5.73. The molecular weight excluding hydrogens is 300 g/mol. The molecule has 0 heterocycles. The van der Waals surface area contributed by atoms with Crippen molar-refractivity contribution >= 4 is 11.8 Å². The van der Waals surface area contributed by atoms with Crippen LogP contribution in [0.25, 0.3) is 0 Å². The van der Waals surface area contributed by atoms with E-state index in [0.29, 0.717) is 29.1 Å². The maximum atomic E-state index is 12.4. The molecule has 0 amide bonds. The van der Waals surface area contributed by atoms with Gasteiger partial charge in [0.25, 0.3) is 0 Å². The zero-order valence-electron chi connectivity index (χ0n) is 14.6. The summed E-state index contributed by atoms with van der Waals surface area (Å²) in [6.07, 6.45) is 7.36. The van der Waals surface area contributed by atoms with Gasteiger partial charge in [-0.3, -0.25) is 4.79 Å². The minimum atomic E-state index is -0.256. The number of hydrogen-bond donors (Lipinski definition) is 0. The molecular formula is C21H26O3. The van der Waals surface area contributed by atoms with E-state index >= 15 is 0 Å². The highest BCUT2D eigenvalue weighted by molar-refractivity contribution is 5.89. The van der Waals surface area contributed by atoms with Crippen molar-refractivity contribution in [2.75, 3.05) is 7.11 Å². The summed E-state index contributed by atoms with van der Waals surface area (Å²) in [4.78, 5) is 24.2. The number of ketones is 1. The molecule has 0 aliphatic heterocycles. The summed E-state index contributed by atoms with van der Waals surface area (Å²) in [5.74, 6) is 2.16. The lowest BCUT2D eigenvalue weighted by Gasteiger charge is -2.45. The smallest absolute Gasteiger partial charge is 0.337 e. The lowest BCUT2D eigenvalue weighted by Crippen LogP contribution is -2.41. The predicted molar refractivity (Wildman–Crippen MR) is 91.9 cm³/mol. The maximum Gasteiger partial charge on any atom is 0.337 e. The number of aryl methyl sites for hydroxylation is 1. The van der Waals surface area contributed by atoms with E-state index in [0.717, 1.165) is 38.5 Å². The third-order valence-electron chi connectivity index (χ3n) is 7.15. The van der Waals surface area contributed by atoms with Crippen LogP contribution in [0.4, 0.5) is 0 Å². The number of methoxy groups -OCH3 is 1. The molecule has 24 heavy (non-hydrogen) atoms. The molecule has 1 aromatic carbocycles. The highest BCUT2D eigenvalue weighted by Crippen LogP contribution is 2.56. The third kappa shape index (κ3) is 2.32. The molecule has 1 unspecified atom stereocenters. The average molecular weight is 326 g/mol. The quantitative estimate of drug-likeness (QED) is 0.733. The predicted octanol–water partition coefficient (Wildman–Crippen LogP) is 3.97. The second kappa shape index (κ2) is 5.72. The number of rotatable bonds is 1. The van der Waals surface area contributed by atoms with Gasteiger partial charge >= 0.3 is 5.97 Å². The highest BCUT2D eigenvalue weighted by Gasteiger charge is 2.53. The van der Waals surface area contributed by atoms with Crippen molar-refractivity contribution in [2.45, 2.75) is 51.9 Å². The van der Waals surface area contributed by atoms with E-state index in [2.05, 4.69) is 13.0 Å². The van der Waals surface area contributed by atoms with Gasteiger partial charge in [0.05, 0.1) is 12.7 Å². The number of carbonyl (C=O) groups is 2. The van der Waals surface area contributed by atoms with Gasteiger partial charge in [-0.05, 0) is 79.5 Å². The Labute approximate surface area is 143 Å². The molecule has 3 heteroatoms. The first kappa shape index (κ1) is 15.9. The van der Waals surface area contributed by atoms with Crippen molar-refractivity contribution in [1.29, 1.82) is 0 Å². The highest BCUT2D eigenvalue weighted by atomic mass is 16.5. The number of carbonyl (C=O) groups excluding carboxylic acids is 2. The van der Waals surface area contributed by atoms with Crippen molar-refractivity contribution in [2.24, 2.45) is 23.2 Å².